The fourth-order valence-corrected chi connectivity index (χ4v) is 4.09. The van der Waals surface area contributed by atoms with Gasteiger partial charge in [0.25, 0.3) is 0 Å². The Morgan fingerprint density at radius 2 is 1.64 bits per heavy atom. The highest BCUT2D eigenvalue weighted by atomic mass is 16.3. The standard InChI is InChI=1S/C23H15BN2O2/c24-13-5-9-19-18(11-13)15-7-6-14(27)12-20(15)26(19)22-10-8-17-16-3-1-2-4-21(16)28-23(17)25-22/h1-12,27H,24H2. The third-order valence-electron chi connectivity index (χ3n) is 5.36. The molecule has 0 aliphatic carbocycles. The van der Waals surface area contributed by atoms with Crippen molar-refractivity contribution < 1.29 is 9.52 Å². The highest BCUT2D eigenvalue weighted by Gasteiger charge is 2.15. The van der Waals surface area contributed by atoms with Crippen LogP contribution in [0.1, 0.15) is 0 Å². The predicted octanol–water partition coefficient (Wildman–Crippen LogP) is 4.04. The van der Waals surface area contributed by atoms with E-state index >= 15 is 0 Å². The van der Waals surface area contributed by atoms with Gasteiger partial charge in [-0.15, -0.1) is 0 Å². The number of phenols is 1. The van der Waals surface area contributed by atoms with Crippen molar-refractivity contribution in [3.05, 3.63) is 72.8 Å². The summed E-state index contributed by atoms with van der Waals surface area (Å²) in [6.07, 6.45) is 0. The maximum absolute atomic E-state index is 10.1. The van der Waals surface area contributed by atoms with E-state index < -0.39 is 0 Å². The quantitative estimate of drug-likeness (QED) is 0.449. The molecule has 28 heavy (non-hydrogen) atoms. The van der Waals surface area contributed by atoms with Crippen LogP contribution in [0.15, 0.2) is 77.2 Å². The maximum Gasteiger partial charge on any atom is 0.229 e. The number of hydrogen-bond donors (Lipinski definition) is 1. The number of furan rings is 1. The summed E-state index contributed by atoms with van der Waals surface area (Å²) >= 11 is 0. The molecule has 3 heterocycles. The molecule has 0 saturated heterocycles. The number of hydrogen-bond acceptors (Lipinski definition) is 3. The molecule has 0 fully saturated rings. The zero-order valence-electron chi connectivity index (χ0n) is 15.2. The lowest BCUT2D eigenvalue weighted by Gasteiger charge is -2.07. The lowest BCUT2D eigenvalue weighted by atomic mass is 9.94. The second kappa shape index (κ2) is 5.39. The van der Waals surface area contributed by atoms with E-state index in [-0.39, 0.29) is 5.75 Å². The molecule has 132 valence electrons. The first-order valence-electron chi connectivity index (χ1n) is 9.21. The van der Waals surface area contributed by atoms with Gasteiger partial charge in [0.15, 0.2) is 0 Å². The summed E-state index contributed by atoms with van der Waals surface area (Å²) in [6, 6.07) is 23.9. The van der Waals surface area contributed by atoms with Gasteiger partial charge < -0.3 is 9.52 Å². The monoisotopic (exact) mass is 362 g/mol. The van der Waals surface area contributed by atoms with Gasteiger partial charge >= 0.3 is 0 Å². The molecule has 3 aromatic heterocycles. The average molecular weight is 362 g/mol. The van der Waals surface area contributed by atoms with E-state index in [1.165, 1.54) is 5.46 Å². The summed E-state index contributed by atoms with van der Waals surface area (Å²) in [5.41, 5.74) is 4.61. The molecule has 5 heteroatoms. The van der Waals surface area contributed by atoms with Crippen LogP contribution in [0.2, 0.25) is 0 Å². The highest BCUT2D eigenvalue weighted by molar-refractivity contribution is 6.34. The number of para-hydroxylation sites is 1. The lowest BCUT2D eigenvalue weighted by Crippen LogP contribution is -2.01. The van der Waals surface area contributed by atoms with Crippen molar-refractivity contribution in [2.75, 3.05) is 0 Å². The van der Waals surface area contributed by atoms with Crippen LogP contribution in [-0.4, -0.2) is 22.5 Å². The van der Waals surface area contributed by atoms with Gasteiger partial charge in [-0.25, -0.2) is 0 Å². The largest absolute Gasteiger partial charge is 0.508 e. The minimum atomic E-state index is 0.234. The second-order valence-corrected chi connectivity index (χ2v) is 7.18. The molecule has 0 atom stereocenters. The van der Waals surface area contributed by atoms with E-state index in [1.54, 1.807) is 12.1 Å². The smallest absolute Gasteiger partial charge is 0.229 e. The normalized spacial score (nSPS) is 11.9. The molecule has 0 bridgehead atoms. The Morgan fingerprint density at radius 3 is 2.57 bits per heavy atom. The summed E-state index contributed by atoms with van der Waals surface area (Å²) in [4.78, 5) is 4.82. The number of rotatable bonds is 1. The van der Waals surface area contributed by atoms with Gasteiger partial charge in [-0.05, 0) is 36.4 Å². The Morgan fingerprint density at radius 1 is 0.786 bits per heavy atom. The molecule has 0 saturated carbocycles. The molecule has 1 N–H and O–H groups in total. The zero-order valence-corrected chi connectivity index (χ0v) is 15.2. The van der Waals surface area contributed by atoms with E-state index in [0.29, 0.717) is 5.71 Å². The van der Waals surface area contributed by atoms with Gasteiger partial charge in [0.2, 0.25) is 5.71 Å². The minimum Gasteiger partial charge on any atom is -0.508 e. The summed E-state index contributed by atoms with van der Waals surface area (Å²) in [5.74, 6) is 0.999. The molecular formula is C23H15BN2O2. The summed E-state index contributed by atoms with van der Waals surface area (Å²) in [7, 11) is 2.09. The topological polar surface area (TPSA) is 51.2 Å². The number of pyridine rings is 1. The van der Waals surface area contributed by atoms with Gasteiger partial charge in [0.05, 0.1) is 11.0 Å². The third-order valence-corrected chi connectivity index (χ3v) is 5.36. The van der Waals surface area contributed by atoms with Gasteiger partial charge in [0.1, 0.15) is 25.0 Å². The summed E-state index contributed by atoms with van der Waals surface area (Å²) in [6.45, 7) is 0. The first kappa shape index (κ1) is 15.3. The molecule has 0 spiro atoms. The first-order chi connectivity index (χ1) is 13.7. The van der Waals surface area contributed by atoms with Gasteiger partial charge in [-0.3, -0.25) is 4.57 Å². The molecule has 0 unspecified atom stereocenters. The number of nitrogens with zero attached hydrogens (tertiary/aromatic N) is 2. The van der Waals surface area contributed by atoms with Gasteiger partial charge in [-0.2, -0.15) is 4.98 Å². The molecule has 3 aromatic carbocycles. The van der Waals surface area contributed by atoms with Crippen LogP contribution in [-0.2, 0) is 0 Å². The Bertz CT molecular complexity index is 1550. The van der Waals surface area contributed by atoms with Crippen molar-refractivity contribution in [1.82, 2.24) is 9.55 Å². The SMILES string of the molecule is Bc1ccc2c(c1)c1ccc(O)cc1n2-c1ccc2c(n1)oc1ccccc12. The van der Waals surface area contributed by atoms with Crippen LogP contribution in [0.25, 0.3) is 49.7 Å². The van der Waals surface area contributed by atoms with E-state index in [1.807, 2.05) is 36.4 Å². The molecular weight excluding hydrogens is 347 g/mol. The second-order valence-electron chi connectivity index (χ2n) is 7.18. The average Bonchev–Trinajstić information content (AvgIpc) is 3.22. The molecule has 4 nitrogen and oxygen atoms in total. The zero-order chi connectivity index (χ0) is 18.8. The van der Waals surface area contributed by atoms with E-state index in [2.05, 4.69) is 36.7 Å². The van der Waals surface area contributed by atoms with Crippen molar-refractivity contribution in [2.24, 2.45) is 0 Å². The van der Waals surface area contributed by atoms with E-state index in [9.17, 15) is 5.11 Å². The van der Waals surface area contributed by atoms with Crippen molar-refractivity contribution in [1.29, 1.82) is 0 Å². The van der Waals surface area contributed by atoms with Crippen molar-refractivity contribution in [2.45, 2.75) is 0 Å². The first-order valence-corrected chi connectivity index (χ1v) is 9.21. The Kier molecular flexibility index (Phi) is 2.96. The van der Waals surface area contributed by atoms with Crippen LogP contribution in [0.5, 0.6) is 5.75 Å². The molecule has 0 aliphatic heterocycles. The number of aromatic nitrogens is 2. The fraction of sp³-hybridized carbons (Fsp3) is 0. The van der Waals surface area contributed by atoms with Crippen LogP contribution in [0.4, 0.5) is 0 Å². The molecule has 0 radical (unpaired) electrons. The Hall–Kier alpha value is -3.73. The van der Waals surface area contributed by atoms with Crippen LogP contribution >= 0.6 is 0 Å². The van der Waals surface area contributed by atoms with Crippen molar-refractivity contribution in [3.63, 3.8) is 0 Å². The number of fused-ring (bicyclic) bond motifs is 6. The fourth-order valence-electron chi connectivity index (χ4n) is 4.09. The summed E-state index contributed by atoms with van der Waals surface area (Å²) in [5, 5.41) is 14.4. The Labute approximate surface area is 161 Å². The summed E-state index contributed by atoms with van der Waals surface area (Å²) < 4.78 is 8.06. The molecule has 6 aromatic rings. The van der Waals surface area contributed by atoms with Gasteiger partial charge in [-0.1, -0.05) is 35.8 Å². The third kappa shape index (κ3) is 2.04. The maximum atomic E-state index is 10.1. The van der Waals surface area contributed by atoms with Crippen molar-refractivity contribution in [3.8, 4) is 11.6 Å². The number of benzene rings is 3. The molecule has 0 amide bonds. The van der Waals surface area contributed by atoms with Crippen LogP contribution in [0, 0.1) is 0 Å². The van der Waals surface area contributed by atoms with Crippen LogP contribution in [0.3, 0.4) is 0 Å². The van der Waals surface area contributed by atoms with Gasteiger partial charge in [0, 0.05) is 27.6 Å². The number of aromatic hydroxyl groups is 1. The number of phenolic OH excluding ortho intramolecular Hbond substituents is 1. The van der Waals surface area contributed by atoms with E-state index in [4.69, 9.17) is 9.40 Å². The molecule has 0 aliphatic rings. The highest BCUT2D eigenvalue weighted by Crippen LogP contribution is 2.34. The van der Waals surface area contributed by atoms with Crippen molar-refractivity contribution >= 4 is 57.2 Å². The molecule has 6 rings (SSSR count). The van der Waals surface area contributed by atoms with E-state index in [0.717, 1.165) is 44.0 Å². The Balaban J connectivity index is 1.73. The predicted molar refractivity (Wildman–Crippen MR) is 116 cm³/mol. The van der Waals surface area contributed by atoms with Crippen LogP contribution < -0.4 is 5.46 Å². The lowest BCUT2D eigenvalue weighted by molar-refractivity contribution is 0.476. The minimum absolute atomic E-state index is 0.234.